The zero-order chi connectivity index (χ0) is 22.8. The average Bonchev–Trinajstić information content (AvgIpc) is 2.78. The maximum atomic E-state index is 6.19. The molecule has 0 aliphatic rings. The summed E-state index contributed by atoms with van der Waals surface area (Å²) in [6, 6.07) is 15.7. The van der Waals surface area contributed by atoms with Crippen molar-refractivity contribution >= 4 is 29.1 Å². The van der Waals surface area contributed by atoms with Gasteiger partial charge in [-0.3, -0.25) is 0 Å². The molecule has 0 radical (unpaired) electrons. The van der Waals surface area contributed by atoms with Crippen LogP contribution in [0.25, 0.3) is 11.1 Å². The van der Waals surface area contributed by atoms with Gasteiger partial charge in [0, 0.05) is 29.4 Å². The molecule has 0 fully saturated rings. The second-order valence-corrected chi connectivity index (χ2v) is 7.80. The number of ether oxygens (including phenoxy) is 2. The van der Waals surface area contributed by atoms with Crippen molar-refractivity contribution in [2.45, 2.75) is 32.9 Å². The minimum atomic E-state index is 0.130. The van der Waals surface area contributed by atoms with Gasteiger partial charge in [0.05, 0.1) is 25.5 Å². The third kappa shape index (κ3) is 7.09. The molecule has 3 rings (SSSR count). The standard InChI is InChI=1S/C24H30ClN5O2/c1-2-3-12-31-13-14-32-16-21-22(23(26)30-24(27)29-21)18-6-10-20(11-7-18)28-15-17-4-8-19(25)9-5-17/h4-11,28H,2-3,12-16H2,1H3,(H4,26,27,29,30). The molecule has 1 heterocycles. The van der Waals surface area contributed by atoms with Crippen LogP contribution in [0.2, 0.25) is 5.02 Å². The van der Waals surface area contributed by atoms with Crippen LogP contribution in [0.4, 0.5) is 17.5 Å². The van der Waals surface area contributed by atoms with Crippen molar-refractivity contribution in [2.75, 3.05) is 36.6 Å². The molecule has 3 aromatic rings. The fourth-order valence-corrected chi connectivity index (χ4v) is 3.29. The lowest BCUT2D eigenvalue weighted by Crippen LogP contribution is -2.10. The normalized spacial score (nSPS) is 10.9. The third-order valence-electron chi connectivity index (χ3n) is 4.87. The fourth-order valence-electron chi connectivity index (χ4n) is 3.16. The Balaban J connectivity index is 1.63. The van der Waals surface area contributed by atoms with Crippen LogP contribution in [0.1, 0.15) is 31.0 Å². The van der Waals surface area contributed by atoms with Gasteiger partial charge in [0.1, 0.15) is 5.82 Å². The SMILES string of the molecule is CCCCOCCOCc1nc(N)nc(N)c1-c1ccc(NCc2ccc(Cl)cc2)cc1. The van der Waals surface area contributed by atoms with Gasteiger partial charge in [-0.15, -0.1) is 0 Å². The average molecular weight is 456 g/mol. The Bertz CT molecular complexity index is 981. The summed E-state index contributed by atoms with van der Waals surface area (Å²) < 4.78 is 11.3. The largest absolute Gasteiger partial charge is 0.383 e. The van der Waals surface area contributed by atoms with Gasteiger partial charge in [-0.1, -0.05) is 49.2 Å². The highest BCUT2D eigenvalue weighted by atomic mass is 35.5. The van der Waals surface area contributed by atoms with E-state index in [4.69, 9.17) is 32.5 Å². The Kier molecular flexibility index (Phi) is 9.10. The fraction of sp³-hybridized carbons (Fsp3) is 0.333. The molecule has 2 aromatic carbocycles. The molecule has 0 bridgehead atoms. The van der Waals surface area contributed by atoms with Crippen molar-refractivity contribution in [1.82, 2.24) is 9.97 Å². The minimum Gasteiger partial charge on any atom is -0.383 e. The van der Waals surface area contributed by atoms with E-state index >= 15 is 0 Å². The van der Waals surface area contributed by atoms with Gasteiger partial charge in [-0.2, -0.15) is 4.98 Å². The van der Waals surface area contributed by atoms with E-state index in [1.807, 2.05) is 48.5 Å². The smallest absolute Gasteiger partial charge is 0.222 e. The Morgan fingerprint density at radius 2 is 1.62 bits per heavy atom. The summed E-state index contributed by atoms with van der Waals surface area (Å²) in [7, 11) is 0. The first-order chi connectivity index (χ1) is 15.6. The van der Waals surface area contributed by atoms with Crippen LogP contribution in [0, 0.1) is 0 Å². The zero-order valence-electron chi connectivity index (χ0n) is 18.3. The number of anilines is 3. The molecule has 0 atom stereocenters. The first-order valence-corrected chi connectivity index (χ1v) is 11.1. The molecule has 32 heavy (non-hydrogen) atoms. The number of nitrogen functional groups attached to an aromatic ring is 2. The van der Waals surface area contributed by atoms with Crippen LogP contribution in [0.15, 0.2) is 48.5 Å². The predicted octanol–water partition coefficient (Wildman–Crippen LogP) is 4.91. The van der Waals surface area contributed by atoms with Crippen LogP contribution in [-0.4, -0.2) is 29.8 Å². The van der Waals surface area contributed by atoms with E-state index < -0.39 is 0 Å². The van der Waals surface area contributed by atoms with Gasteiger partial charge < -0.3 is 26.3 Å². The summed E-state index contributed by atoms with van der Waals surface area (Å²) >= 11 is 5.94. The summed E-state index contributed by atoms with van der Waals surface area (Å²) in [5.74, 6) is 0.461. The van der Waals surface area contributed by atoms with Crippen LogP contribution in [0.5, 0.6) is 0 Å². The second kappa shape index (κ2) is 12.2. The quantitative estimate of drug-likeness (QED) is 0.333. The highest BCUT2D eigenvalue weighted by Crippen LogP contribution is 2.30. The number of nitrogens with two attached hydrogens (primary N) is 2. The van der Waals surface area contributed by atoms with E-state index in [2.05, 4.69) is 22.2 Å². The van der Waals surface area contributed by atoms with Crippen LogP contribution in [0.3, 0.4) is 0 Å². The summed E-state index contributed by atoms with van der Waals surface area (Å²) in [4.78, 5) is 8.49. The topological polar surface area (TPSA) is 108 Å². The van der Waals surface area contributed by atoms with Crippen molar-refractivity contribution < 1.29 is 9.47 Å². The number of benzene rings is 2. The second-order valence-electron chi connectivity index (χ2n) is 7.36. The molecule has 170 valence electrons. The number of hydrogen-bond acceptors (Lipinski definition) is 7. The summed E-state index contributed by atoms with van der Waals surface area (Å²) in [5, 5.41) is 4.12. The van der Waals surface area contributed by atoms with Gasteiger partial charge >= 0.3 is 0 Å². The number of aromatic nitrogens is 2. The predicted molar refractivity (Wildman–Crippen MR) is 130 cm³/mol. The molecule has 0 saturated carbocycles. The first kappa shape index (κ1) is 23.8. The van der Waals surface area contributed by atoms with Crippen molar-refractivity contribution in [1.29, 1.82) is 0 Å². The third-order valence-corrected chi connectivity index (χ3v) is 5.12. The minimum absolute atomic E-state index is 0.130. The maximum absolute atomic E-state index is 6.19. The van der Waals surface area contributed by atoms with Crippen molar-refractivity contribution in [3.8, 4) is 11.1 Å². The molecule has 0 spiro atoms. The summed E-state index contributed by atoms with van der Waals surface area (Å²) in [6.45, 7) is 4.87. The monoisotopic (exact) mass is 455 g/mol. The molecule has 0 aliphatic carbocycles. The molecule has 0 aliphatic heterocycles. The number of rotatable bonds is 12. The molecule has 5 N–H and O–H groups in total. The van der Waals surface area contributed by atoms with E-state index in [1.54, 1.807) is 0 Å². The number of halogens is 1. The summed E-state index contributed by atoms with van der Waals surface area (Å²) in [6.07, 6.45) is 2.16. The zero-order valence-corrected chi connectivity index (χ0v) is 19.1. The summed E-state index contributed by atoms with van der Waals surface area (Å²) in [5.41, 5.74) is 16.4. The number of nitrogens with zero attached hydrogens (tertiary/aromatic N) is 2. The number of hydrogen-bond donors (Lipinski definition) is 3. The Hall–Kier alpha value is -2.87. The molecule has 7 nitrogen and oxygen atoms in total. The lowest BCUT2D eigenvalue weighted by molar-refractivity contribution is 0.0388. The lowest BCUT2D eigenvalue weighted by Gasteiger charge is -2.14. The van der Waals surface area contributed by atoms with E-state index in [0.717, 1.165) is 46.8 Å². The first-order valence-electron chi connectivity index (χ1n) is 10.7. The molecule has 8 heteroatoms. The number of unbranched alkanes of at least 4 members (excludes halogenated alkanes) is 1. The molecule has 0 unspecified atom stereocenters. The van der Waals surface area contributed by atoms with E-state index in [0.29, 0.717) is 31.3 Å². The van der Waals surface area contributed by atoms with E-state index in [-0.39, 0.29) is 12.6 Å². The van der Waals surface area contributed by atoms with Crippen LogP contribution < -0.4 is 16.8 Å². The van der Waals surface area contributed by atoms with Crippen molar-refractivity contribution in [3.05, 3.63) is 64.8 Å². The maximum Gasteiger partial charge on any atom is 0.222 e. The van der Waals surface area contributed by atoms with Crippen LogP contribution in [-0.2, 0) is 22.6 Å². The van der Waals surface area contributed by atoms with Crippen molar-refractivity contribution in [2.24, 2.45) is 0 Å². The van der Waals surface area contributed by atoms with E-state index in [1.165, 1.54) is 0 Å². The highest BCUT2D eigenvalue weighted by molar-refractivity contribution is 6.30. The Labute approximate surface area is 194 Å². The van der Waals surface area contributed by atoms with Gasteiger partial charge in [-0.05, 0) is 41.8 Å². The molecular formula is C24H30ClN5O2. The Morgan fingerprint density at radius 1 is 0.906 bits per heavy atom. The molecule has 0 amide bonds. The van der Waals surface area contributed by atoms with Gasteiger partial charge in [0.2, 0.25) is 5.95 Å². The van der Waals surface area contributed by atoms with E-state index in [9.17, 15) is 0 Å². The van der Waals surface area contributed by atoms with Crippen LogP contribution >= 0.6 is 11.6 Å². The van der Waals surface area contributed by atoms with Crippen molar-refractivity contribution in [3.63, 3.8) is 0 Å². The van der Waals surface area contributed by atoms with Gasteiger partial charge in [0.25, 0.3) is 0 Å². The van der Waals surface area contributed by atoms with Gasteiger partial charge in [0.15, 0.2) is 0 Å². The highest BCUT2D eigenvalue weighted by Gasteiger charge is 2.14. The molecular weight excluding hydrogens is 426 g/mol. The Morgan fingerprint density at radius 3 is 2.34 bits per heavy atom. The molecule has 1 aromatic heterocycles. The molecule has 0 saturated heterocycles. The van der Waals surface area contributed by atoms with Gasteiger partial charge in [-0.25, -0.2) is 4.98 Å². The number of nitrogens with one attached hydrogen (secondary N) is 1. The lowest BCUT2D eigenvalue weighted by atomic mass is 10.0.